The van der Waals surface area contributed by atoms with E-state index in [1.54, 1.807) is 6.92 Å². The van der Waals surface area contributed by atoms with Crippen LogP contribution in [0.4, 0.5) is 0 Å². The lowest BCUT2D eigenvalue weighted by Gasteiger charge is -2.07. The van der Waals surface area contributed by atoms with E-state index in [1.807, 2.05) is 0 Å². The summed E-state index contributed by atoms with van der Waals surface area (Å²) >= 11 is 0. The lowest BCUT2D eigenvalue weighted by Crippen LogP contribution is -2.22. The highest BCUT2D eigenvalue weighted by atomic mass is 35.7. The molecule has 0 saturated heterocycles. The molecule has 0 aliphatic carbocycles. The number of ether oxygens (including phenoxy) is 1. The molecule has 0 N–H and O–H groups in total. The zero-order valence-electron chi connectivity index (χ0n) is 8.10. The molecule has 0 aromatic heterocycles. The van der Waals surface area contributed by atoms with Crippen molar-refractivity contribution in [2.24, 2.45) is 10.2 Å². The van der Waals surface area contributed by atoms with E-state index in [0.717, 1.165) is 0 Å². The van der Waals surface area contributed by atoms with Crippen molar-refractivity contribution in [2.45, 2.75) is 19.2 Å². The highest BCUT2D eigenvalue weighted by Crippen LogP contribution is 2.28. The SMILES string of the molecule is CCOC(=O)C1=C(C)N=N[C@@H]1S(=O)(=O)Cl. The van der Waals surface area contributed by atoms with E-state index in [-0.39, 0.29) is 17.9 Å². The largest absolute Gasteiger partial charge is 0.462 e. The maximum atomic E-state index is 11.4. The van der Waals surface area contributed by atoms with Crippen LogP contribution in [0, 0.1) is 0 Å². The first-order valence-corrected chi connectivity index (χ1v) is 6.47. The number of esters is 1. The van der Waals surface area contributed by atoms with Crippen LogP contribution < -0.4 is 0 Å². The molecule has 0 fully saturated rings. The Labute approximate surface area is 91.4 Å². The second-order valence-electron chi connectivity index (χ2n) is 2.76. The van der Waals surface area contributed by atoms with E-state index < -0.39 is 20.4 Å². The minimum Gasteiger partial charge on any atom is -0.462 e. The third-order valence-electron chi connectivity index (χ3n) is 1.71. The van der Waals surface area contributed by atoms with Crippen molar-refractivity contribution in [1.29, 1.82) is 0 Å². The number of allylic oxidation sites excluding steroid dienone is 1. The predicted molar refractivity (Wildman–Crippen MR) is 52.7 cm³/mol. The highest BCUT2D eigenvalue weighted by molar-refractivity contribution is 8.14. The molecule has 1 aliphatic heterocycles. The summed E-state index contributed by atoms with van der Waals surface area (Å²) in [4.78, 5) is 11.4. The Balaban J connectivity index is 3.06. The molecule has 0 saturated carbocycles. The Morgan fingerprint density at radius 3 is 2.67 bits per heavy atom. The fourth-order valence-electron chi connectivity index (χ4n) is 1.08. The third-order valence-corrected chi connectivity index (χ3v) is 3.08. The Morgan fingerprint density at radius 2 is 2.20 bits per heavy atom. The van der Waals surface area contributed by atoms with Crippen LogP contribution in [0.5, 0.6) is 0 Å². The van der Waals surface area contributed by atoms with Crippen molar-refractivity contribution in [2.75, 3.05) is 6.61 Å². The van der Waals surface area contributed by atoms with Gasteiger partial charge in [-0.25, -0.2) is 13.2 Å². The summed E-state index contributed by atoms with van der Waals surface area (Å²) in [6.07, 6.45) is 0. The standard InChI is InChI=1S/C7H9ClN2O4S/c1-3-14-7(11)5-4(2)9-10-6(5)15(8,12)13/h6H,3H2,1-2H3/t6-/m1/s1. The fraction of sp³-hybridized carbons (Fsp3) is 0.571. The van der Waals surface area contributed by atoms with Gasteiger partial charge < -0.3 is 4.74 Å². The first kappa shape index (κ1) is 12.1. The quantitative estimate of drug-likeness (QED) is 0.558. The van der Waals surface area contributed by atoms with Crippen LogP contribution in [0.25, 0.3) is 0 Å². The van der Waals surface area contributed by atoms with Crippen molar-refractivity contribution in [3.05, 3.63) is 11.3 Å². The number of carbonyl (C=O) groups excluding carboxylic acids is 1. The number of carbonyl (C=O) groups is 1. The van der Waals surface area contributed by atoms with Gasteiger partial charge >= 0.3 is 5.97 Å². The number of halogens is 1. The summed E-state index contributed by atoms with van der Waals surface area (Å²) in [6, 6.07) is 0. The highest BCUT2D eigenvalue weighted by Gasteiger charge is 2.37. The minimum atomic E-state index is -3.99. The van der Waals surface area contributed by atoms with E-state index >= 15 is 0 Å². The zero-order valence-corrected chi connectivity index (χ0v) is 9.67. The molecule has 0 aromatic carbocycles. The lowest BCUT2D eigenvalue weighted by molar-refractivity contribution is -0.138. The van der Waals surface area contributed by atoms with Gasteiger partial charge in [-0.15, -0.1) is 0 Å². The smallest absolute Gasteiger partial charge is 0.339 e. The summed E-state index contributed by atoms with van der Waals surface area (Å²) in [5.41, 5.74) is 0.0922. The van der Waals surface area contributed by atoms with E-state index in [2.05, 4.69) is 15.0 Å². The second kappa shape index (κ2) is 4.28. The average Bonchev–Trinajstić information content (AvgIpc) is 2.46. The third kappa shape index (κ3) is 2.54. The van der Waals surface area contributed by atoms with Gasteiger partial charge in [-0.05, 0) is 13.8 Å². The molecule has 1 atom stereocenters. The first-order chi connectivity index (χ1) is 6.88. The van der Waals surface area contributed by atoms with Crippen LogP contribution in [-0.2, 0) is 18.6 Å². The monoisotopic (exact) mass is 252 g/mol. The van der Waals surface area contributed by atoms with Crippen LogP contribution in [0.3, 0.4) is 0 Å². The van der Waals surface area contributed by atoms with Crippen molar-refractivity contribution in [1.82, 2.24) is 0 Å². The molecule has 15 heavy (non-hydrogen) atoms. The van der Waals surface area contributed by atoms with E-state index in [0.29, 0.717) is 0 Å². The zero-order chi connectivity index (χ0) is 11.6. The van der Waals surface area contributed by atoms with Gasteiger partial charge in [0.05, 0.1) is 12.3 Å². The molecule has 1 rings (SSSR count). The molecular formula is C7H9ClN2O4S. The topological polar surface area (TPSA) is 85.2 Å². The first-order valence-electron chi connectivity index (χ1n) is 4.10. The Morgan fingerprint density at radius 1 is 1.60 bits per heavy atom. The number of azo groups is 1. The van der Waals surface area contributed by atoms with Crippen molar-refractivity contribution < 1.29 is 17.9 Å². The maximum absolute atomic E-state index is 11.4. The molecule has 6 nitrogen and oxygen atoms in total. The summed E-state index contributed by atoms with van der Waals surface area (Å²) in [7, 11) is 1.13. The molecule has 8 heteroatoms. The molecule has 0 spiro atoms. The van der Waals surface area contributed by atoms with E-state index in [4.69, 9.17) is 10.7 Å². The summed E-state index contributed by atoms with van der Waals surface area (Å²) in [6.45, 7) is 3.23. The van der Waals surface area contributed by atoms with Crippen LogP contribution >= 0.6 is 10.7 Å². The number of hydrogen-bond acceptors (Lipinski definition) is 6. The van der Waals surface area contributed by atoms with E-state index in [9.17, 15) is 13.2 Å². The molecule has 1 heterocycles. The van der Waals surface area contributed by atoms with Crippen molar-refractivity contribution in [3.63, 3.8) is 0 Å². The second-order valence-corrected chi connectivity index (χ2v) is 5.45. The molecule has 84 valence electrons. The van der Waals surface area contributed by atoms with Gasteiger partial charge in [-0.1, -0.05) is 0 Å². The van der Waals surface area contributed by atoms with Gasteiger partial charge in [0.1, 0.15) is 5.57 Å². The van der Waals surface area contributed by atoms with Crippen LogP contribution in [0.1, 0.15) is 13.8 Å². The average molecular weight is 253 g/mol. The molecule has 0 aromatic rings. The van der Waals surface area contributed by atoms with Gasteiger partial charge in [-0.3, -0.25) is 0 Å². The Hall–Kier alpha value is -0.950. The van der Waals surface area contributed by atoms with Crippen LogP contribution in [0.2, 0.25) is 0 Å². The molecule has 0 radical (unpaired) electrons. The Bertz CT molecular complexity index is 440. The molecule has 1 aliphatic rings. The van der Waals surface area contributed by atoms with Gasteiger partial charge in [0.25, 0.3) is 9.05 Å². The molecular weight excluding hydrogens is 244 g/mol. The number of hydrogen-bond donors (Lipinski definition) is 0. The Kier molecular flexibility index (Phi) is 3.46. The number of rotatable bonds is 3. The van der Waals surface area contributed by atoms with Gasteiger partial charge in [0, 0.05) is 10.7 Å². The summed E-state index contributed by atoms with van der Waals surface area (Å²) in [5.74, 6) is -0.755. The van der Waals surface area contributed by atoms with Crippen molar-refractivity contribution in [3.8, 4) is 0 Å². The lowest BCUT2D eigenvalue weighted by atomic mass is 10.2. The van der Waals surface area contributed by atoms with E-state index in [1.165, 1.54) is 6.92 Å². The molecule has 0 bridgehead atoms. The van der Waals surface area contributed by atoms with Gasteiger partial charge in [-0.2, -0.15) is 10.2 Å². The maximum Gasteiger partial charge on any atom is 0.339 e. The summed E-state index contributed by atoms with van der Waals surface area (Å²) < 4.78 is 26.8. The fourth-order valence-corrected chi connectivity index (χ4v) is 2.17. The van der Waals surface area contributed by atoms with Crippen LogP contribution in [0.15, 0.2) is 21.5 Å². The minimum absolute atomic E-state index is 0.119. The molecule has 0 unspecified atom stereocenters. The van der Waals surface area contributed by atoms with Crippen molar-refractivity contribution >= 4 is 25.7 Å². The van der Waals surface area contributed by atoms with Gasteiger partial charge in [0.15, 0.2) is 0 Å². The van der Waals surface area contributed by atoms with Gasteiger partial charge in [0.2, 0.25) is 5.37 Å². The normalized spacial score (nSPS) is 20.9. The number of nitrogens with zero attached hydrogens (tertiary/aromatic N) is 2. The summed E-state index contributed by atoms with van der Waals surface area (Å²) in [5, 5.41) is 5.47. The predicted octanol–water partition coefficient (Wildman–Crippen LogP) is 1.18. The van der Waals surface area contributed by atoms with Crippen LogP contribution in [-0.4, -0.2) is 26.4 Å². The molecule has 0 amide bonds.